The summed E-state index contributed by atoms with van der Waals surface area (Å²) < 4.78 is 21.3. The van der Waals surface area contributed by atoms with Gasteiger partial charge in [-0.15, -0.1) is 0 Å². The van der Waals surface area contributed by atoms with Crippen LogP contribution in [0.2, 0.25) is 0 Å². The van der Waals surface area contributed by atoms with Crippen molar-refractivity contribution in [1.29, 1.82) is 0 Å². The standard InChI is InChI=1S/C53H72N6O8/c1-37(44(24-27-48(54)60)55-35-43-34-42-17-9-15-41-16-10-18-50(62)58(43)51(41)42)67-36-40-21-19-38(20-22-40)13-11-31-65-29-7-5-3-4-6-8-30-66-32-12-14-39-23-25-45-47(33-39)57(2)53(64)59(45)46-26-28-49(61)56-52(46)63/h9,15,17,19-23,25,33,37,43-44,46,55H,3-8,10-14,16,18,24,26-32,34-36H2,1-2H3,(H2,54,60)(H,56,61,63)/t37-,43?,44+,46?/m1/s1. The second-order valence-electron chi connectivity index (χ2n) is 18.8. The van der Waals surface area contributed by atoms with E-state index >= 15 is 0 Å². The molecule has 4 heterocycles. The maximum Gasteiger partial charge on any atom is 0.329 e. The maximum absolute atomic E-state index is 13.2. The van der Waals surface area contributed by atoms with Crippen LogP contribution < -0.4 is 27.0 Å². The van der Waals surface area contributed by atoms with Gasteiger partial charge in [0.2, 0.25) is 23.6 Å². The number of nitrogens with two attached hydrogens (primary N) is 1. The summed E-state index contributed by atoms with van der Waals surface area (Å²) in [6.07, 6.45) is 15.0. The molecule has 1 aromatic heterocycles. The predicted octanol–water partition coefficient (Wildman–Crippen LogP) is 6.68. The molecule has 362 valence electrons. The number of aryl methyl sites for hydroxylation is 4. The fourth-order valence-electron chi connectivity index (χ4n) is 9.99. The number of rotatable bonds is 28. The SMILES string of the molecule is C[C@@H](OCc1ccc(CCCOCCCCCCCCOCCCc2ccc3c(c2)n(C)c(=O)n3C2CCC(=O)NC2=O)cc1)[C@H](CCC(N)=O)NCC1Cc2cccc3c2N1C(=O)CCC3. The molecule has 2 unspecified atom stereocenters. The van der Waals surface area contributed by atoms with Crippen LogP contribution in [0.15, 0.2) is 65.5 Å². The lowest BCUT2D eigenvalue weighted by atomic mass is 10.0. The third-order valence-corrected chi connectivity index (χ3v) is 13.8. The zero-order valence-corrected chi connectivity index (χ0v) is 39.7. The van der Waals surface area contributed by atoms with E-state index < -0.39 is 11.9 Å². The second-order valence-corrected chi connectivity index (χ2v) is 18.8. The quantitative estimate of drug-likeness (QED) is 0.0415. The van der Waals surface area contributed by atoms with Gasteiger partial charge in [-0.25, -0.2) is 4.79 Å². The highest BCUT2D eigenvalue weighted by Gasteiger charge is 2.37. The number of nitrogens with zero attached hydrogens (tertiary/aromatic N) is 3. The molecule has 0 spiro atoms. The number of imide groups is 1. The summed E-state index contributed by atoms with van der Waals surface area (Å²) in [5, 5.41) is 6.02. The minimum atomic E-state index is -0.676. The van der Waals surface area contributed by atoms with Crippen molar-refractivity contribution in [1.82, 2.24) is 19.8 Å². The fourth-order valence-corrected chi connectivity index (χ4v) is 9.99. The van der Waals surface area contributed by atoms with Gasteiger partial charge in [-0.1, -0.05) is 74.2 Å². The molecule has 3 aliphatic rings. The molecule has 0 aliphatic carbocycles. The highest BCUT2D eigenvalue weighted by Crippen LogP contribution is 2.39. The first kappa shape index (κ1) is 49.7. The van der Waals surface area contributed by atoms with E-state index in [1.807, 2.05) is 30.0 Å². The molecule has 0 saturated carbocycles. The number of para-hydroxylation sites is 1. The van der Waals surface area contributed by atoms with Gasteiger partial charge in [-0.3, -0.25) is 33.6 Å². The van der Waals surface area contributed by atoms with Crippen LogP contribution in [0, 0.1) is 0 Å². The van der Waals surface area contributed by atoms with Crippen LogP contribution in [-0.2, 0) is 72.7 Å². The molecule has 14 heteroatoms. The summed E-state index contributed by atoms with van der Waals surface area (Å²) in [4.78, 5) is 64.1. The number of hydrogen-bond acceptors (Lipinski definition) is 9. The summed E-state index contributed by atoms with van der Waals surface area (Å²) in [7, 11) is 1.72. The Labute approximate surface area is 395 Å². The molecule has 1 saturated heterocycles. The van der Waals surface area contributed by atoms with Crippen molar-refractivity contribution in [2.45, 2.75) is 153 Å². The van der Waals surface area contributed by atoms with Crippen molar-refractivity contribution in [3.8, 4) is 0 Å². The molecule has 3 aromatic carbocycles. The number of aromatic nitrogens is 2. The number of anilines is 1. The Hall–Kier alpha value is -5.15. The van der Waals surface area contributed by atoms with Crippen LogP contribution in [0.25, 0.3) is 11.0 Å². The van der Waals surface area contributed by atoms with Gasteiger partial charge >= 0.3 is 5.69 Å². The van der Waals surface area contributed by atoms with Crippen molar-refractivity contribution in [2.24, 2.45) is 12.8 Å². The molecule has 4 atom stereocenters. The van der Waals surface area contributed by atoms with Crippen molar-refractivity contribution in [2.75, 3.05) is 37.9 Å². The monoisotopic (exact) mass is 921 g/mol. The lowest BCUT2D eigenvalue weighted by Crippen LogP contribution is -2.49. The van der Waals surface area contributed by atoms with Crippen molar-refractivity contribution < 1.29 is 33.4 Å². The maximum atomic E-state index is 13.2. The lowest BCUT2D eigenvalue weighted by Gasteiger charge is -2.30. The van der Waals surface area contributed by atoms with Crippen molar-refractivity contribution in [3.05, 3.63) is 99.0 Å². The number of carbonyl (C=O) groups is 4. The van der Waals surface area contributed by atoms with Gasteiger partial charge in [0.15, 0.2) is 0 Å². The van der Waals surface area contributed by atoms with Gasteiger partial charge in [0, 0.05) is 65.3 Å². The summed E-state index contributed by atoms with van der Waals surface area (Å²) in [6.45, 7) is 6.14. The van der Waals surface area contributed by atoms with Gasteiger partial charge in [0.1, 0.15) is 6.04 Å². The van der Waals surface area contributed by atoms with Crippen LogP contribution in [-0.4, -0.2) is 83.9 Å². The number of hydrogen-bond donors (Lipinski definition) is 3. The van der Waals surface area contributed by atoms with Gasteiger partial charge in [-0.2, -0.15) is 0 Å². The van der Waals surface area contributed by atoms with Crippen molar-refractivity contribution in [3.63, 3.8) is 0 Å². The number of unbranched alkanes of at least 4 members (excludes halogenated alkanes) is 5. The van der Waals surface area contributed by atoms with Crippen LogP contribution in [0.5, 0.6) is 0 Å². The average Bonchev–Trinajstić information content (AvgIpc) is 3.74. The van der Waals surface area contributed by atoms with Crippen molar-refractivity contribution >= 4 is 40.3 Å². The molecule has 4 N–H and O–H groups in total. The zero-order valence-electron chi connectivity index (χ0n) is 39.7. The largest absolute Gasteiger partial charge is 0.381 e. The first-order valence-corrected chi connectivity index (χ1v) is 24.9. The third kappa shape index (κ3) is 13.5. The fraction of sp³-hybridized carbons (Fsp3) is 0.566. The zero-order chi connectivity index (χ0) is 47.1. The number of piperidine rings is 1. The smallest absolute Gasteiger partial charge is 0.329 e. The lowest BCUT2D eigenvalue weighted by molar-refractivity contribution is -0.135. The Morgan fingerprint density at radius 3 is 2.16 bits per heavy atom. The highest BCUT2D eigenvalue weighted by molar-refractivity contribution is 6.00. The summed E-state index contributed by atoms with van der Waals surface area (Å²) in [5.41, 5.74) is 13.9. The minimum Gasteiger partial charge on any atom is -0.381 e. The van der Waals surface area contributed by atoms with E-state index in [0.717, 1.165) is 106 Å². The van der Waals surface area contributed by atoms with E-state index in [1.54, 1.807) is 11.6 Å². The number of imidazole rings is 1. The topological polar surface area (TPSA) is 176 Å². The van der Waals surface area contributed by atoms with Crippen LogP contribution in [0.4, 0.5) is 5.69 Å². The van der Waals surface area contributed by atoms with E-state index in [-0.39, 0.29) is 54.4 Å². The van der Waals surface area contributed by atoms with Crippen LogP contribution in [0.1, 0.15) is 131 Å². The molecule has 14 nitrogen and oxygen atoms in total. The Morgan fingerprint density at radius 1 is 0.791 bits per heavy atom. The molecule has 67 heavy (non-hydrogen) atoms. The number of nitrogens with one attached hydrogen (secondary N) is 2. The minimum absolute atomic E-state index is 0.0384. The normalized spacial score (nSPS) is 18.0. The first-order chi connectivity index (χ1) is 32.6. The van der Waals surface area contributed by atoms with E-state index in [1.165, 1.54) is 40.5 Å². The third-order valence-electron chi connectivity index (χ3n) is 13.8. The first-order valence-electron chi connectivity index (χ1n) is 24.9. The molecule has 7 rings (SSSR count). The molecule has 0 bridgehead atoms. The van der Waals surface area contributed by atoms with Gasteiger partial charge in [0.25, 0.3) is 0 Å². The Bertz CT molecular complexity index is 2360. The van der Waals surface area contributed by atoms with Gasteiger partial charge in [0.05, 0.1) is 35.5 Å². The van der Waals surface area contributed by atoms with E-state index in [2.05, 4.69) is 53.1 Å². The number of fused-ring (bicyclic) bond motifs is 1. The molecule has 3 aliphatic heterocycles. The number of ether oxygens (including phenoxy) is 3. The summed E-state index contributed by atoms with van der Waals surface area (Å²) >= 11 is 0. The Balaban J connectivity index is 0.694. The average molecular weight is 921 g/mol. The predicted molar refractivity (Wildman–Crippen MR) is 260 cm³/mol. The van der Waals surface area contributed by atoms with Crippen LogP contribution >= 0.6 is 0 Å². The van der Waals surface area contributed by atoms with Gasteiger partial charge < -0.3 is 30.2 Å². The van der Waals surface area contributed by atoms with Gasteiger partial charge in [-0.05, 0) is 118 Å². The van der Waals surface area contributed by atoms with E-state index in [9.17, 15) is 24.0 Å². The molecule has 4 aromatic rings. The summed E-state index contributed by atoms with van der Waals surface area (Å²) in [6, 6.07) is 20.2. The Morgan fingerprint density at radius 2 is 1.45 bits per heavy atom. The molecule has 0 radical (unpaired) electrons. The molecular formula is C53H72N6O8. The number of amides is 4. The Kier molecular flexibility index (Phi) is 18.4. The number of benzene rings is 3. The number of carbonyl (C=O) groups excluding carboxylic acids is 4. The summed E-state index contributed by atoms with van der Waals surface area (Å²) in [5.74, 6) is -0.851. The van der Waals surface area contributed by atoms with Crippen LogP contribution in [0.3, 0.4) is 0 Å². The second kappa shape index (κ2) is 24.7. The molecule has 4 amide bonds. The van der Waals surface area contributed by atoms with E-state index in [0.29, 0.717) is 44.5 Å². The number of primary amides is 1. The van der Waals surface area contributed by atoms with E-state index in [4.69, 9.17) is 19.9 Å². The highest BCUT2D eigenvalue weighted by atomic mass is 16.5. The molecule has 1 fully saturated rings. The molecular weight excluding hydrogens is 849 g/mol.